The molecule has 1 aromatic rings. The van der Waals surface area contributed by atoms with Crippen molar-refractivity contribution in [2.24, 2.45) is 10.9 Å². The fourth-order valence-corrected chi connectivity index (χ4v) is 4.57. The molecule has 0 spiro atoms. The van der Waals surface area contributed by atoms with Gasteiger partial charge in [0, 0.05) is 38.4 Å². The second kappa shape index (κ2) is 9.58. The number of sulfone groups is 1. The van der Waals surface area contributed by atoms with E-state index in [1.165, 1.54) is 0 Å². The summed E-state index contributed by atoms with van der Waals surface area (Å²) in [5.41, 5.74) is 2.19. The van der Waals surface area contributed by atoms with Crippen LogP contribution in [0.25, 0.3) is 0 Å². The molecule has 0 amide bonds. The number of halogens is 1. The van der Waals surface area contributed by atoms with Crippen molar-refractivity contribution in [3.05, 3.63) is 17.5 Å². The van der Waals surface area contributed by atoms with Crippen LogP contribution in [0.3, 0.4) is 0 Å². The van der Waals surface area contributed by atoms with E-state index in [2.05, 4.69) is 35.2 Å². The van der Waals surface area contributed by atoms with Crippen LogP contribution in [0.1, 0.15) is 39.1 Å². The molecular weight excluding hydrogens is 477 g/mol. The first-order valence-corrected chi connectivity index (χ1v) is 11.0. The lowest BCUT2D eigenvalue weighted by Gasteiger charge is -2.39. The van der Waals surface area contributed by atoms with Crippen LogP contribution in [0.2, 0.25) is 0 Å². The average molecular weight is 511 g/mol. The highest BCUT2D eigenvalue weighted by molar-refractivity contribution is 14.0. The van der Waals surface area contributed by atoms with Gasteiger partial charge in [-0.3, -0.25) is 9.67 Å². The molecule has 1 saturated heterocycles. The van der Waals surface area contributed by atoms with Crippen molar-refractivity contribution < 1.29 is 8.42 Å². The first kappa shape index (κ1) is 24.2. The third-order valence-corrected chi connectivity index (χ3v) is 7.35. The van der Waals surface area contributed by atoms with Crippen molar-refractivity contribution in [1.29, 1.82) is 0 Å². The lowest BCUT2D eigenvalue weighted by molar-refractivity contribution is 0.351. The van der Waals surface area contributed by atoms with Crippen LogP contribution in [-0.2, 0) is 16.4 Å². The molecule has 0 saturated carbocycles. The van der Waals surface area contributed by atoms with E-state index in [0.29, 0.717) is 25.6 Å². The summed E-state index contributed by atoms with van der Waals surface area (Å²) in [6, 6.07) is 2.08. The number of nitrogens with zero attached hydrogens (tertiary/aromatic N) is 4. The first-order chi connectivity index (χ1) is 12.1. The number of nitrogens with one attached hydrogen (secondary N) is 1. The van der Waals surface area contributed by atoms with E-state index in [1.54, 1.807) is 13.8 Å². The molecule has 0 bridgehead atoms. The van der Waals surface area contributed by atoms with Crippen molar-refractivity contribution in [2.75, 3.05) is 31.9 Å². The number of aryl methyl sites for hydroxylation is 2. The minimum absolute atomic E-state index is 0. The smallest absolute Gasteiger partial charge is 0.194 e. The van der Waals surface area contributed by atoms with Gasteiger partial charge in [0.2, 0.25) is 0 Å². The maximum Gasteiger partial charge on any atom is 0.194 e. The summed E-state index contributed by atoms with van der Waals surface area (Å²) in [5.74, 6) is 1.31. The van der Waals surface area contributed by atoms with Crippen LogP contribution >= 0.6 is 24.0 Å². The molecule has 9 heteroatoms. The van der Waals surface area contributed by atoms with Crippen LogP contribution in [0.5, 0.6) is 0 Å². The third-order valence-electron chi connectivity index (χ3n) is 4.82. The zero-order valence-corrected chi connectivity index (χ0v) is 20.5. The molecule has 7 nitrogen and oxygen atoms in total. The fourth-order valence-electron chi connectivity index (χ4n) is 3.21. The Hall–Kier alpha value is -0.840. The summed E-state index contributed by atoms with van der Waals surface area (Å²) in [4.78, 5) is 6.85. The standard InChI is InChI=1S/C18H33N5O2S.HI/c1-7-19-17(22-8-9-26(24,25)18(5,6)13-22)20-11-14(2)12-23-16(4)10-15(3)21-23;/h10,14H,7-9,11-13H2,1-6H3,(H,19,20);1H. The number of aliphatic imine (C=N–C) groups is 1. The van der Waals surface area contributed by atoms with Crippen molar-refractivity contribution >= 4 is 39.8 Å². The summed E-state index contributed by atoms with van der Waals surface area (Å²) in [7, 11) is -3.05. The number of hydrogen-bond donors (Lipinski definition) is 1. The molecule has 1 fully saturated rings. The third kappa shape index (κ3) is 6.07. The fraction of sp³-hybridized carbons (Fsp3) is 0.778. The molecular formula is C18H34IN5O2S. The highest BCUT2D eigenvalue weighted by Crippen LogP contribution is 2.23. The second-order valence-corrected chi connectivity index (χ2v) is 10.7. The first-order valence-electron chi connectivity index (χ1n) is 9.32. The van der Waals surface area contributed by atoms with Gasteiger partial charge >= 0.3 is 0 Å². The van der Waals surface area contributed by atoms with E-state index in [4.69, 9.17) is 4.99 Å². The van der Waals surface area contributed by atoms with Gasteiger partial charge in [-0.25, -0.2) is 8.42 Å². The molecule has 2 rings (SSSR count). The molecule has 0 aromatic carbocycles. The predicted molar refractivity (Wildman–Crippen MR) is 122 cm³/mol. The number of guanidine groups is 1. The highest BCUT2D eigenvalue weighted by atomic mass is 127. The van der Waals surface area contributed by atoms with Gasteiger partial charge in [0.15, 0.2) is 15.8 Å². The summed E-state index contributed by atoms with van der Waals surface area (Å²) in [5, 5.41) is 7.82. The van der Waals surface area contributed by atoms with E-state index < -0.39 is 14.6 Å². The lowest BCUT2D eigenvalue weighted by atomic mass is 10.2. The van der Waals surface area contributed by atoms with Crippen molar-refractivity contribution in [3.63, 3.8) is 0 Å². The van der Waals surface area contributed by atoms with Crippen LogP contribution in [0.15, 0.2) is 11.1 Å². The zero-order chi connectivity index (χ0) is 19.5. The largest absolute Gasteiger partial charge is 0.357 e. The number of aromatic nitrogens is 2. The molecule has 1 unspecified atom stereocenters. The Labute approximate surface area is 180 Å². The quantitative estimate of drug-likeness (QED) is 0.373. The molecule has 1 atom stereocenters. The molecule has 1 aromatic heterocycles. The molecule has 27 heavy (non-hydrogen) atoms. The Kier molecular flexibility index (Phi) is 8.58. The Bertz CT molecular complexity index is 758. The van der Waals surface area contributed by atoms with E-state index in [9.17, 15) is 8.42 Å². The topological polar surface area (TPSA) is 79.6 Å². The lowest BCUT2D eigenvalue weighted by Crippen LogP contribution is -2.57. The van der Waals surface area contributed by atoms with E-state index >= 15 is 0 Å². The van der Waals surface area contributed by atoms with Gasteiger partial charge in [0.1, 0.15) is 0 Å². The monoisotopic (exact) mass is 511 g/mol. The Morgan fingerprint density at radius 3 is 2.59 bits per heavy atom. The van der Waals surface area contributed by atoms with Crippen LogP contribution in [0, 0.1) is 19.8 Å². The summed E-state index contributed by atoms with van der Waals surface area (Å²) in [6.45, 7) is 15.1. The Morgan fingerprint density at radius 2 is 2.07 bits per heavy atom. The molecule has 1 N–H and O–H groups in total. The molecule has 1 aliphatic rings. The van der Waals surface area contributed by atoms with E-state index in [-0.39, 0.29) is 29.7 Å². The molecule has 0 radical (unpaired) electrons. The summed E-state index contributed by atoms with van der Waals surface area (Å²) in [6.07, 6.45) is 0. The van der Waals surface area contributed by atoms with E-state index in [1.807, 2.05) is 18.5 Å². The van der Waals surface area contributed by atoms with Crippen molar-refractivity contribution in [1.82, 2.24) is 20.0 Å². The van der Waals surface area contributed by atoms with Gasteiger partial charge < -0.3 is 10.2 Å². The molecule has 0 aliphatic carbocycles. The average Bonchev–Trinajstić information content (AvgIpc) is 2.84. The molecule has 1 aliphatic heterocycles. The normalized spacial score (nSPS) is 20.1. The minimum Gasteiger partial charge on any atom is -0.357 e. The van der Waals surface area contributed by atoms with E-state index in [0.717, 1.165) is 30.4 Å². The van der Waals surface area contributed by atoms with Crippen LogP contribution in [-0.4, -0.2) is 65.7 Å². The SMILES string of the molecule is CCNC(=NCC(C)Cn1nc(C)cc1C)N1CCS(=O)(=O)C(C)(C)C1.I. The van der Waals surface area contributed by atoms with Gasteiger partial charge in [-0.15, -0.1) is 24.0 Å². The summed E-state index contributed by atoms with van der Waals surface area (Å²) < 4.78 is 25.7. The van der Waals surface area contributed by atoms with Crippen LogP contribution < -0.4 is 5.32 Å². The van der Waals surface area contributed by atoms with Gasteiger partial charge in [0.05, 0.1) is 16.2 Å². The van der Waals surface area contributed by atoms with Gasteiger partial charge in [-0.2, -0.15) is 5.10 Å². The predicted octanol–water partition coefficient (Wildman–Crippen LogP) is 2.23. The summed E-state index contributed by atoms with van der Waals surface area (Å²) >= 11 is 0. The second-order valence-electron chi connectivity index (χ2n) is 7.91. The van der Waals surface area contributed by atoms with Crippen molar-refractivity contribution in [2.45, 2.75) is 52.8 Å². The maximum absolute atomic E-state index is 12.2. The molecule has 156 valence electrons. The van der Waals surface area contributed by atoms with Gasteiger partial charge in [0.25, 0.3) is 0 Å². The maximum atomic E-state index is 12.2. The van der Waals surface area contributed by atoms with Gasteiger partial charge in [-0.05, 0) is 46.6 Å². The van der Waals surface area contributed by atoms with Crippen LogP contribution in [0.4, 0.5) is 0 Å². The minimum atomic E-state index is -3.05. The highest BCUT2D eigenvalue weighted by Gasteiger charge is 2.40. The van der Waals surface area contributed by atoms with Gasteiger partial charge in [-0.1, -0.05) is 6.92 Å². The molecule has 2 heterocycles. The zero-order valence-electron chi connectivity index (χ0n) is 17.3. The van der Waals surface area contributed by atoms with Crippen molar-refractivity contribution in [3.8, 4) is 0 Å². The Balaban J connectivity index is 0.00000364. The Morgan fingerprint density at radius 1 is 1.41 bits per heavy atom. The number of hydrogen-bond acceptors (Lipinski definition) is 4. The number of rotatable bonds is 5.